The van der Waals surface area contributed by atoms with Gasteiger partial charge in [0.25, 0.3) is 0 Å². The Kier molecular flexibility index (Phi) is 5.83. The summed E-state index contributed by atoms with van der Waals surface area (Å²) in [5.41, 5.74) is 2.40. The standard InChI is InChI=1S/C17H24ClN3/c1-4-19-12-15(14-6-5-7-16(18)10-14)11-17-8-9-21(20-17)13(2)3/h5-10,13,15,19H,4,11-12H2,1-3H3. The molecule has 1 heterocycles. The zero-order valence-corrected chi connectivity index (χ0v) is 13.8. The molecule has 2 rings (SSSR count). The molecule has 21 heavy (non-hydrogen) atoms. The highest BCUT2D eigenvalue weighted by Crippen LogP contribution is 2.23. The number of hydrogen-bond acceptors (Lipinski definition) is 2. The predicted octanol–water partition coefficient (Wildman–Crippen LogP) is 4.05. The lowest BCUT2D eigenvalue weighted by Crippen LogP contribution is -2.23. The van der Waals surface area contributed by atoms with Crippen molar-refractivity contribution in [3.05, 3.63) is 52.8 Å². The monoisotopic (exact) mass is 305 g/mol. The summed E-state index contributed by atoms with van der Waals surface area (Å²) in [6.07, 6.45) is 2.98. The van der Waals surface area contributed by atoms with E-state index in [-0.39, 0.29) is 0 Å². The minimum Gasteiger partial charge on any atom is -0.316 e. The van der Waals surface area contributed by atoms with Gasteiger partial charge < -0.3 is 5.32 Å². The van der Waals surface area contributed by atoms with Crippen LogP contribution in [0.15, 0.2) is 36.5 Å². The third-order valence-electron chi connectivity index (χ3n) is 3.61. The molecule has 1 N–H and O–H groups in total. The average Bonchev–Trinajstić information content (AvgIpc) is 2.92. The van der Waals surface area contributed by atoms with Gasteiger partial charge in [-0.25, -0.2) is 0 Å². The van der Waals surface area contributed by atoms with Crippen molar-refractivity contribution < 1.29 is 0 Å². The fourth-order valence-electron chi connectivity index (χ4n) is 2.41. The Morgan fingerprint density at radius 2 is 2.10 bits per heavy atom. The normalized spacial score (nSPS) is 12.8. The van der Waals surface area contributed by atoms with Gasteiger partial charge in [-0.15, -0.1) is 0 Å². The van der Waals surface area contributed by atoms with Crippen molar-refractivity contribution in [2.45, 2.75) is 39.2 Å². The number of nitrogens with zero attached hydrogens (tertiary/aromatic N) is 2. The van der Waals surface area contributed by atoms with Gasteiger partial charge in [0.1, 0.15) is 0 Å². The lowest BCUT2D eigenvalue weighted by molar-refractivity contribution is 0.518. The lowest BCUT2D eigenvalue weighted by atomic mass is 9.94. The molecule has 1 aromatic heterocycles. The second-order valence-electron chi connectivity index (χ2n) is 5.64. The summed E-state index contributed by atoms with van der Waals surface area (Å²) < 4.78 is 2.01. The van der Waals surface area contributed by atoms with Gasteiger partial charge in [0.05, 0.1) is 5.69 Å². The SMILES string of the molecule is CCNCC(Cc1ccn(C(C)C)n1)c1cccc(Cl)c1. The van der Waals surface area contributed by atoms with Crippen LogP contribution in [-0.2, 0) is 6.42 Å². The first-order valence-electron chi connectivity index (χ1n) is 7.60. The molecule has 114 valence electrons. The van der Waals surface area contributed by atoms with Gasteiger partial charge in [0.15, 0.2) is 0 Å². The number of likely N-dealkylation sites (N-methyl/N-ethyl adjacent to an activating group) is 1. The minimum absolute atomic E-state index is 0.388. The average molecular weight is 306 g/mol. The number of benzene rings is 1. The maximum Gasteiger partial charge on any atom is 0.0631 e. The fraction of sp³-hybridized carbons (Fsp3) is 0.471. The summed E-state index contributed by atoms with van der Waals surface area (Å²) in [5.74, 6) is 0.388. The highest BCUT2D eigenvalue weighted by atomic mass is 35.5. The van der Waals surface area contributed by atoms with Crippen molar-refractivity contribution in [1.82, 2.24) is 15.1 Å². The van der Waals surface area contributed by atoms with Crippen LogP contribution in [0.5, 0.6) is 0 Å². The maximum absolute atomic E-state index is 6.13. The van der Waals surface area contributed by atoms with Gasteiger partial charge in [0, 0.05) is 29.7 Å². The Bertz CT molecular complexity index is 563. The second-order valence-corrected chi connectivity index (χ2v) is 6.08. The van der Waals surface area contributed by atoms with E-state index in [1.165, 1.54) is 5.56 Å². The van der Waals surface area contributed by atoms with Gasteiger partial charge in [-0.3, -0.25) is 4.68 Å². The van der Waals surface area contributed by atoms with E-state index in [1.54, 1.807) is 0 Å². The molecular formula is C17H24ClN3. The zero-order valence-electron chi connectivity index (χ0n) is 13.0. The van der Waals surface area contributed by atoms with E-state index in [9.17, 15) is 0 Å². The quantitative estimate of drug-likeness (QED) is 0.836. The van der Waals surface area contributed by atoms with Gasteiger partial charge in [0.2, 0.25) is 0 Å². The van der Waals surface area contributed by atoms with Crippen LogP contribution in [0.4, 0.5) is 0 Å². The molecule has 1 unspecified atom stereocenters. The number of rotatable bonds is 7. The van der Waals surface area contributed by atoms with E-state index < -0.39 is 0 Å². The lowest BCUT2D eigenvalue weighted by Gasteiger charge is -2.17. The summed E-state index contributed by atoms with van der Waals surface area (Å²) in [4.78, 5) is 0. The first kappa shape index (κ1) is 16.1. The van der Waals surface area contributed by atoms with Crippen molar-refractivity contribution in [3.63, 3.8) is 0 Å². The Hall–Kier alpha value is -1.32. The molecule has 2 aromatic rings. The molecule has 1 atom stereocenters. The molecule has 0 aliphatic rings. The van der Waals surface area contributed by atoms with E-state index in [2.05, 4.69) is 55.6 Å². The van der Waals surface area contributed by atoms with E-state index >= 15 is 0 Å². The van der Waals surface area contributed by atoms with E-state index in [4.69, 9.17) is 11.6 Å². The van der Waals surface area contributed by atoms with Crippen molar-refractivity contribution in [1.29, 1.82) is 0 Å². The Balaban J connectivity index is 2.15. The Labute approximate surface area is 132 Å². The molecule has 0 fully saturated rings. The van der Waals surface area contributed by atoms with Crippen LogP contribution < -0.4 is 5.32 Å². The molecule has 0 bridgehead atoms. The Morgan fingerprint density at radius 1 is 1.29 bits per heavy atom. The Morgan fingerprint density at radius 3 is 2.71 bits per heavy atom. The van der Waals surface area contributed by atoms with E-state index in [0.29, 0.717) is 12.0 Å². The van der Waals surface area contributed by atoms with Crippen LogP contribution in [0.1, 0.15) is 44.0 Å². The molecule has 1 aromatic carbocycles. The minimum atomic E-state index is 0.388. The van der Waals surface area contributed by atoms with Crippen molar-refractivity contribution >= 4 is 11.6 Å². The topological polar surface area (TPSA) is 29.9 Å². The third-order valence-corrected chi connectivity index (χ3v) is 3.84. The fourth-order valence-corrected chi connectivity index (χ4v) is 2.61. The highest BCUT2D eigenvalue weighted by molar-refractivity contribution is 6.30. The number of aromatic nitrogens is 2. The molecule has 0 amide bonds. The number of nitrogens with one attached hydrogen (secondary N) is 1. The zero-order chi connectivity index (χ0) is 15.2. The summed E-state index contributed by atoms with van der Waals surface area (Å²) in [6, 6.07) is 10.7. The van der Waals surface area contributed by atoms with Gasteiger partial charge >= 0.3 is 0 Å². The molecular weight excluding hydrogens is 282 g/mol. The van der Waals surface area contributed by atoms with Crippen molar-refractivity contribution in [2.24, 2.45) is 0 Å². The molecule has 0 saturated carbocycles. The van der Waals surface area contributed by atoms with Crippen LogP contribution in [0, 0.1) is 0 Å². The summed E-state index contributed by atoms with van der Waals surface area (Å²) in [7, 11) is 0. The van der Waals surface area contributed by atoms with Crippen molar-refractivity contribution in [2.75, 3.05) is 13.1 Å². The van der Waals surface area contributed by atoms with Crippen LogP contribution >= 0.6 is 11.6 Å². The van der Waals surface area contributed by atoms with Gasteiger partial charge in [-0.1, -0.05) is 30.7 Å². The molecule has 0 aliphatic heterocycles. The molecule has 0 spiro atoms. The van der Waals surface area contributed by atoms with Crippen LogP contribution in [-0.4, -0.2) is 22.9 Å². The number of halogens is 1. The summed E-state index contributed by atoms with van der Waals surface area (Å²) >= 11 is 6.13. The summed E-state index contributed by atoms with van der Waals surface area (Å²) in [5, 5.41) is 8.89. The first-order chi connectivity index (χ1) is 10.1. The predicted molar refractivity (Wildman–Crippen MR) is 89.1 cm³/mol. The van der Waals surface area contributed by atoms with Crippen LogP contribution in [0.3, 0.4) is 0 Å². The van der Waals surface area contributed by atoms with E-state index in [0.717, 1.165) is 30.2 Å². The summed E-state index contributed by atoms with van der Waals surface area (Å²) in [6.45, 7) is 8.32. The molecule has 4 heteroatoms. The van der Waals surface area contributed by atoms with E-state index in [1.807, 2.05) is 16.8 Å². The largest absolute Gasteiger partial charge is 0.316 e. The second kappa shape index (κ2) is 7.62. The van der Waals surface area contributed by atoms with Gasteiger partial charge in [-0.05, 0) is 50.6 Å². The first-order valence-corrected chi connectivity index (χ1v) is 7.98. The maximum atomic E-state index is 6.13. The van der Waals surface area contributed by atoms with Crippen LogP contribution in [0.25, 0.3) is 0 Å². The number of hydrogen-bond donors (Lipinski definition) is 1. The molecule has 3 nitrogen and oxygen atoms in total. The third kappa shape index (κ3) is 4.58. The smallest absolute Gasteiger partial charge is 0.0631 e. The van der Waals surface area contributed by atoms with Crippen molar-refractivity contribution in [3.8, 4) is 0 Å². The van der Waals surface area contributed by atoms with Crippen LogP contribution in [0.2, 0.25) is 5.02 Å². The molecule has 0 radical (unpaired) electrons. The molecule has 0 saturated heterocycles. The molecule has 0 aliphatic carbocycles. The van der Waals surface area contributed by atoms with Gasteiger partial charge in [-0.2, -0.15) is 5.10 Å². The highest BCUT2D eigenvalue weighted by Gasteiger charge is 2.14.